The maximum Gasteiger partial charge on any atom is 0.507 e. The molecule has 3 heterocycles. The molecule has 0 radical (unpaired) electrons. The molecule has 0 unspecified atom stereocenters. The van der Waals surface area contributed by atoms with Crippen LogP contribution in [0.1, 0.15) is 5.69 Å². The number of rotatable bonds is 6. The first kappa shape index (κ1) is 23.1. The Balaban J connectivity index is 1.56. The molecule has 2 aromatic heterocycles. The quantitative estimate of drug-likeness (QED) is 0.371. The van der Waals surface area contributed by atoms with Gasteiger partial charge in [-0.15, -0.1) is 0 Å². The van der Waals surface area contributed by atoms with Gasteiger partial charge >= 0.3 is 18.4 Å². The van der Waals surface area contributed by atoms with Crippen LogP contribution < -0.4 is 18.9 Å². The van der Waals surface area contributed by atoms with Gasteiger partial charge in [0.2, 0.25) is 0 Å². The highest BCUT2D eigenvalue weighted by Crippen LogP contribution is 2.48. The number of methoxy groups -OCH3 is 1. The Bertz CT molecular complexity index is 1130. The fourth-order valence-corrected chi connectivity index (χ4v) is 3.62. The summed E-state index contributed by atoms with van der Waals surface area (Å²) in [4.78, 5) is 10.9. The van der Waals surface area contributed by atoms with Gasteiger partial charge in [-0.2, -0.15) is 30.7 Å². The average Bonchev–Trinajstić information content (AvgIpc) is 3.10. The SMILES string of the molecule is COc1ccnc(CSc2nc3cc4c(cc3[nH]2)OC(F)(F)C(F)(F)O4)c1OCC(F)(F)F. The predicted molar refractivity (Wildman–Crippen MR) is 99.1 cm³/mol. The van der Waals surface area contributed by atoms with Gasteiger partial charge < -0.3 is 23.9 Å². The molecule has 7 nitrogen and oxygen atoms in total. The van der Waals surface area contributed by atoms with E-state index < -0.39 is 36.5 Å². The van der Waals surface area contributed by atoms with E-state index in [1.54, 1.807) is 0 Å². The Morgan fingerprint density at radius 3 is 2.39 bits per heavy atom. The standard InChI is InChI=1S/C18H12F7N3O4S/c1-29-11-2-3-26-10(14(11)30-7-16(19,20)21)6-33-15-27-8-4-12-13(5-9(8)28-15)32-18(24,25)17(22,23)31-12/h2-5H,6-7H2,1H3,(H,27,28). The molecule has 0 saturated carbocycles. The number of thioether (sulfide) groups is 1. The first-order valence-electron chi connectivity index (χ1n) is 8.90. The van der Waals surface area contributed by atoms with Crippen LogP contribution in [0.15, 0.2) is 29.6 Å². The number of benzene rings is 1. The molecule has 1 aromatic carbocycles. The Morgan fingerprint density at radius 1 is 1.09 bits per heavy atom. The third-order valence-electron chi connectivity index (χ3n) is 4.23. The monoisotopic (exact) mass is 499 g/mol. The lowest BCUT2D eigenvalue weighted by molar-refractivity contribution is -0.391. The topological polar surface area (TPSA) is 78.5 Å². The summed E-state index contributed by atoms with van der Waals surface area (Å²) < 4.78 is 109. The molecule has 178 valence electrons. The maximum atomic E-state index is 13.4. The first-order chi connectivity index (χ1) is 15.4. The average molecular weight is 499 g/mol. The summed E-state index contributed by atoms with van der Waals surface area (Å²) in [5.74, 6) is -1.43. The van der Waals surface area contributed by atoms with Crippen LogP contribution in [0.5, 0.6) is 23.0 Å². The van der Waals surface area contributed by atoms with Gasteiger partial charge in [0.15, 0.2) is 34.8 Å². The number of aromatic nitrogens is 3. The number of hydrogen-bond donors (Lipinski definition) is 1. The van der Waals surface area contributed by atoms with E-state index >= 15 is 0 Å². The minimum Gasteiger partial charge on any atom is -0.493 e. The summed E-state index contributed by atoms with van der Waals surface area (Å²) in [5, 5.41) is 0.192. The minimum absolute atomic E-state index is 0.0208. The highest BCUT2D eigenvalue weighted by atomic mass is 32.2. The van der Waals surface area contributed by atoms with Crippen molar-refractivity contribution in [2.75, 3.05) is 13.7 Å². The Labute approximate surface area is 184 Å². The van der Waals surface area contributed by atoms with Crippen LogP contribution in [0.2, 0.25) is 0 Å². The Morgan fingerprint density at radius 2 is 1.76 bits per heavy atom. The molecule has 0 saturated heterocycles. The molecule has 33 heavy (non-hydrogen) atoms. The third kappa shape index (κ3) is 4.67. The zero-order chi connectivity index (χ0) is 24.0. The first-order valence-corrected chi connectivity index (χ1v) is 9.89. The lowest BCUT2D eigenvalue weighted by Gasteiger charge is -2.31. The van der Waals surface area contributed by atoms with Crippen molar-refractivity contribution in [3.05, 3.63) is 30.1 Å². The Hall–Kier alpha value is -3.10. The van der Waals surface area contributed by atoms with E-state index in [0.29, 0.717) is 0 Å². The number of pyridine rings is 1. The number of nitrogens with zero attached hydrogens (tertiary/aromatic N) is 2. The smallest absolute Gasteiger partial charge is 0.493 e. The largest absolute Gasteiger partial charge is 0.507 e. The van der Waals surface area contributed by atoms with Gasteiger partial charge in [0.1, 0.15) is 0 Å². The lowest BCUT2D eigenvalue weighted by Crippen LogP contribution is -2.52. The van der Waals surface area contributed by atoms with Crippen molar-refractivity contribution in [2.24, 2.45) is 0 Å². The van der Waals surface area contributed by atoms with Crippen LogP contribution in [0.3, 0.4) is 0 Å². The van der Waals surface area contributed by atoms with E-state index in [9.17, 15) is 30.7 Å². The molecule has 1 N–H and O–H groups in total. The third-order valence-corrected chi connectivity index (χ3v) is 5.11. The molecule has 0 spiro atoms. The van der Waals surface area contributed by atoms with Gasteiger partial charge in [-0.05, 0) is 0 Å². The molecule has 0 atom stereocenters. The highest BCUT2D eigenvalue weighted by Gasteiger charge is 2.66. The Kier molecular flexibility index (Phi) is 5.62. The van der Waals surface area contributed by atoms with Gasteiger partial charge in [0.25, 0.3) is 0 Å². The van der Waals surface area contributed by atoms with Gasteiger partial charge in [0, 0.05) is 30.1 Å². The second kappa shape index (κ2) is 8.04. The summed E-state index contributed by atoms with van der Waals surface area (Å²) in [7, 11) is 1.25. The summed E-state index contributed by atoms with van der Waals surface area (Å²) in [6.07, 6.45) is -13.0. The van der Waals surface area contributed by atoms with Crippen LogP contribution in [-0.4, -0.2) is 47.1 Å². The number of aromatic amines is 1. The van der Waals surface area contributed by atoms with Crippen LogP contribution in [0.4, 0.5) is 30.7 Å². The molecule has 0 fully saturated rings. The predicted octanol–water partition coefficient (Wildman–Crippen LogP) is 5.16. The number of halogens is 7. The van der Waals surface area contributed by atoms with E-state index in [1.165, 1.54) is 19.4 Å². The molecule has 1 aliphatic rings. The molecular weight excluding hydrogens is 487 g/mol. The fraction of sp³-hybridized carbons (Fsp3) is 0.333. The second-order valence-corrected chi connectivity index (χ2v) is 7.54. The van der Waals surface area contributed by atoms with Crippen molar-refractivity contribution >= 4 is 22.8 Å². The molecule has 4 rings (SSSR count). The van der Waals surface area contributed by atoms with Crippen molar-refractivity contribution in [3.8, 4) is 23.0 Å². The molecule has 3 aromatic rings. The maximum absolute atomic E-state index is 13.4. The fourth-order valence-electron chi connectivity index (χ4n) is 2.80. The van der Waals surface area contributed by atoms with Crippen molar-refractivity contribution in [1.82, 2.24) is 15.0 Å². The van der Waals surface area contributed by atoms with Crippen molar-refractivity contribution < 1.29 is 49.7 Å². The molecule has 0 amide bonds. The van der Waals surface area contributed by atoms with E-state index in [4.69, 9.17) is 9.47 Å². The number of nitrogens with one attached hydrogen (secondary N) is 1. The van der Waals surface area contributed by atoms with Crippen LogP contribution in [0, 0.1) is 0 Å². The summed E-state index contributed by atoms with van der Waals surface area (Å²) in [6, 6.07) is 3.35. The van der Waals surface area contributed by atoms with E-state index in [-0.39, 0.29) is 39.1 Å². The minimum atomic E-state index is -4.87. The van der Waals surface area contributed by atoms with Crippen molar-refractivity contribution in [2.45, 2.75) is 29.3 Å². The summed E-state index contributed by atoms with van der Waals surface area (Å²) in [5.41, 5.74) is 0.398. The molecule has 1 aliphatic heterocycles. The summed E-state index contributed by atoms with van der Waals surface area (Å²) >= 11 is 0.984. The van der Waals surface area contributed by atoms with Crippen molar-refractivity contribution in [3.63, 3.8) is 0 Å². The van der Waals surface area contributed by atoms with Gasteiger partial charge in [-0.1, -0.05) is 11.8 Å². The van der Waals surface area contributed by atoms with E-state index in [1.807, 2.05) is 0 Å². The number of imidazole rings is 1. The normalized spacial score (nSPS) is 16.6. The molecule has 15 heteroatoms. The van der Waals surface area contributed by atoms with E-state index in [0.717, 1.165) is 23.9 Å². The highest BCUT2D eigenvalue weighted by molar-refractivity contribution is 7.98. The summed E-state index contributed by atoms with van der Waals surface area (Å²) in [6.45, 7) is -1.56. The lowest BCUT2D eigenvalue weighted by atomic mass is 10.2. The van der Waals surface area contributed by atoms with Crippen LogP contribution in [0.25, 0.3) is 11.0 Å². The zero-order valence-corrected chi connectivity index (χ0v) is 17.1. The molecular formula is C18H12F7N3O4S. The number of H-pyrrole nitrogens is 1. The zero-order valence-electron chi connectivity index (χ0n) is 16.3. The molecule has 0 aliphatic carbocycles. The number of fused-ring (bicyclic) bond motifs is 2. The molecule has 0 bridgehead atoms. The second-order valence-electron chi connectivity index (χ2n) is 6.58. The van der Waals surface area contributed by atoms with Crippen LogP contribution in [-0.2, 0) is 5.75 Å². The van der Waals surface area contributed by atoms with Gasteiger partial charge in [-0.25, -0.2) is 4.98 Å². The number of alkyl halides is 7. The van der Waals surface area contributed by atoms with Gasteiger partial charge in [0.05, 0.1) is 23.8 Å². The number of ether oxygens (including phenoxy) is 4. The number of hydrogen-bond acceptors (Lipinski definition) is 7. The van der Waals surface area contributed by atoms with E-state index in [2.05, 4.69) is 24.4 Å². The van der Waals surface area contributed by atoms with Crippen molar-refractivity contribution in [1.29, 1.82) is 0 Å². The van der Waals surface area contributed by atoms with Crippen LogP contribution >= 0.6 is 11.8 Å². The van der Waals surface area contributed by atoms with Gasteiger partial charge in [-0.3, -0.25) is 4.98 Å².